The lowest BCUT2D eigenvalue weighted by atomic mass is 10.2. The summed E-state index contributed by atoms with van der Waals surface area (Å²) < 4.78 is 27.4. The van der Waals surface area contributed by atoms with Crippen LogP contribution in [0.5, 0.6) is 0 Å². The van der Waals surface area contributed by atoms with Crippen molar-refractivity contribution in [3.8, 4) is 0 Å². The van der Waals surface area contributed by atoms with E-state index in [1.54, 1.807) is 61.5 Å². The van der Waals surface area contributed by atoms with Gasteiger partial charge in [0.25, 0.3) is 10.0 Å². The van der Waals surface area contributed by atoms with E-state index in [-0.39, 0.29) is 30.3 Å². The van der Waals surface area contributed by atoms with Crippen LogP contribution in [0.15, 0.2) is 59.5 Å². The van der Waals surface area contributed by atoms with Crippen LogP contribution >= 0.6 is 0 Å². The van der Waals surface area contributed by atoms with Gasteiger partial charge in [-0.3, -0.25) is 9.10 Å². The highest BCUT2D eigenvalue weighted by Gasteiger charge is 2.25. The fourth-order valence-corrected chi connectivity index (χ4v) is 3.84. The lowest BCUT2D eigenvalue weighted by molar-refractivity contribution is -0.121. The molecule has 0 saturated carbocycles. The van der Waals surface area contributed by atoms with E-state index in [1.807, 2.05) is 6.92 Å². The number of nitrogens with zero attached hydrogens (tertiary/aromatic N) is 1. The van der Waals surface area contributed by atoms with Crippen LogP contribution in [0.2, 0.25) is 0 Å². The average molecular weight is 376 g/mol. The summed E-state index contributed by atoms with van der Waals surface area (Å²) in [4.78, 5) is 12.1. The number of amides is 1. The summed E-state index contributed by atoms with van der Waals surface area (Å²) in [6.45, 7) is 3.59. The number of rotatable bonds is 8. The van der Waals surface area contributed by atoms with Gasteiger partial charge in [-0.05, 0) is 38.1 Å². The molecule has 0 fully saturated rings. The van der Waals surface area contributed by atoms with Gasteiger partial charge in [-0.25, -0.2) is 8.42 Å². The van der Waals surface area contributed by atoms with Crippen LogP contribution in [0.4, 0.5) is 5.69 Å². The van der Waals surface area contributed by atoms with E-state index in [9.17, 15) is 18.3 Å². The maximum atomic E-state index is 13.1. The van der Waals surface area contributed by atoms with Crippen molar-refractivity contribution in [3.05, 3.63) is 60.2 Å². The lowest BCUT2D eigenvalue weighted by Crippen LogP contribution is -2.37. The van der Waals surface area contributed by atoms with Crippen molar-refractivity contribution in [2.24, 2.45) is 0 Å². The van der Waals surface area contributed by atoms with Crippen LogP contribution < -0.4 is 9.62 Å². The Morgan fingerprint density at radius 3 is 2.31 bits per heavy atom. The molecule has 1 atom stereocenters. The van der Waals surface area contributed by atoms with Crippen LogP contribution in [0.1, 0.15) is 18.9 Å². The number of anilines is 1. The number of hydrogen-bond donors (Lipinski definition) is 2. The first-order valence-electron chi connectivity index (χ1n) is 8.40. The van der Waals surface area contributed by atoms with Gasteiger partial charge in [-0.15, -0.1) is 0 Å². The number of sulfonamides is 1. The quantitative estimate of drug-likeness (QED) is 0.738. The van der Waals surface area contributed by atoms with E-state index in [4.69, 9.17) is 0 Å². The van der Waals surface area contributed by atoms with Crippen LogP contribution in [-0.4, -0.2) is 38.6 Å². The number of hydrogen-bond acceptors (Lipinski definition) is 4. The first kappa shape index (κ1) is 19.9. The van der Waals surface area contributed by atoms with Crippen molar-refractivity contribution in [1.29, 1.82) is 0 Å². The Kier molecular flexibility index (Phi) is 6.76. The zero-order chi connectivity index (χ0) is 19.2. The molecule has 140 valence electrons. The molecule has 0 aromatic heterocycles. The smallest absolute Gasteiger partial charge is 0.264 e. The van der Waals surface area contributed by atoms with Gasteiger partial charge in [0.05, 0.1) is 16.7 Å². The molecule has 0 aliphatic carbocycles. The molecule has 0 aliphatic rings. The van der Waals surface area contributed by atoms with Gasteiger partial charge in [0.2, 0.25) is 5.91 Å². The van der Waals surface area contributed by atoms with Crippen molar-refractivity contribution in [2.75, 3.05) is 17.4 Å². The summed E-state index contributed by atoms with van der Waals surface area (Å²) in [6, 6.07) is 15.3. The Labute approximate surface area is 154 Å². The molecule has 0 bridgehead atoms. The number of aliphatic hydroxyl groups excluding tert-OH is 1. The van der Waals surface area contributed by atoms with Gasteiger partial charge in [-0.1, -0.05) is 35.9 Å². The average Bonchev–Trinajstić information content (AvgIpc) is 2.61. The number of benzene rings is 2. The minimum Gasteiger partial charge on any atom is -0.392 e. The van der Waals surface area contributed by atoms with E-state index in [0.717, 1.165) is 5.56 Å². The van der Waals surface area contributed by atoms with Crippen molar-refractivity contribution in [3.63, 3.8) is 0 Å². The molecule has 0 saturated heterocycles. The van der Waals surface area contributed by atoms with Gasteiger partial charge < -0.3 is 10.4 Å². The molecule has 6 nitrogen and oxygen atoms in total. The molecule has 26 heavy (non-hydrogen) atoms. The molecule has 1 amide bonds. The zero-order valence-corrected chi connectivity index (χ0v) is 15.7. The van der Waals surface area contributed by atoms with E-state index >= 15 is 0 Å². The van der Waals surface area contributed by atoms with Gasteiger partial charge in [0.15, 0.2) is 0 Å². The number of carbonyl (C=O) groups is 1. The maximum absolute atomic E-state index is 13.1. The Hall–Kier alpha value is -2.38. The molecule has 0 unspecified atom stereocenters. The zero-order valence-electron chi connectivity index (χ0n) is 14.9. The van der Waals surface area contributed by atoms with Crippen LogP contribution in [-0.2, 0) is 14.8 Å². The molecular weight excluding hydrogens is 352 g/mol. The second-order valence-electron chi connectivity index (χ2n) is 6.13. The number of aliphatic hydroxyl groups is 1. The molecule has 0 radical (unpaired) electrons. The highest BCUT2D eigenvalue weighted by Crippen LogP contribution is 2.24. The Morgan fingerprint density at radius 1 is 1.12 bits per heavy atom. The third kappa shape index (κ3) is 5.31. The van der Waals surface area contributed by atoms with Gasteiger partial charge in [-0.2, -0.15) is 0 Å². The minimum absolute atomic E-state index is 0.00582. The first-order chi connectivity index (χ1) is 12.3. The third-order valence-electron chi connectivity index (χ3n) is 3.79. The summed E-state index contributed by atoms with van der Waals surface area (Å²) in [5.74, 6) is -0.314. The summed E-state index contributed by atoms with van der Waals surface area (Å²) in [6.07, 6.45) is -0.660. The monoisotopic (exact) mass is 376 g/mol. The van der Waals surface area contributed by atoms with Crippen LogP contribution in [0.3, 0.4) is 0 Å². The highest BCUT2D eigenvalue weighted by molar-refractivity contribution is 7.92. The van der Waals surface area contributed by atoms with E-state index in [0.29, 0.717) is 5.69 Å². The normalized spacial score (nSPS) is 12.4. The van der Waals surface area contributed by atoms with Crippen molar-refractivity contribution < 1.29 is 18.3 Å². The molecular formula is C19H24N2O4S. The predicted molar refractivity (Wildman–Crippen MR) is 101 cm³/mol. The molecule has 2 aromatic rings. The van der Waals surface area contributed by atoms with Gasteiger partial charge in [0.1, 0.15) is 0 Å². The van der Waals surface area contributed by atoms with E-state index in [1.165, 1.54) is 4.31 Å². The fourth-order valence-electron chi connectivity index (χ4n) is 2.37. The Balaban J connectivity index is 2.24. The molecule has 0 spiro atoms. The minimum atomic E-state index is -3.79. The predicted octanol–water partition coefficient (Wildman–Crippen LogP) is 2.08. The van der Waals surface area contributed by atoms with Crippen molar-refractivity contribution in [2.45, 2.75) is 31.3 Å². The standard InChI is InChI=1S/C19H24N2O4S/c1-15-8-10-18(11-9-15)26(24,25)21(17-6-4-3-5-7-17)13-12-19(23)20-14-16(2)22/h3-11,16,22H,12-14H2,1-2H3,(H,20,23)/t16-/m1/s1. The lowest BCUT2D eigenvalue weighted by Gasteiger charge is -2.24. The molecule has 0 aliphatic heterocycles. The first-order valence-corrected chi connectivity index (χ1v) is 9.84. The Bertz CT molecular complexity index is 818. The largest absolute Gasteiger partial charge is 0.392 e. The number of carbonyl (C=O) groups excluding carboxylic acids is 1. The second-order valence-corrected chi connectivity index (χ2v) is 7.99. The summed E-state index contributed by atoms with van der Waals surface area (Å²) in [5, 5.41) is 11.8. The van der Waals surface area contributed by atoms with Crippen LogP contribution in [0.25, 0.3) is 0 Å². The molecule has 0 heterocycles. The topological polar surface area (TPSA) is 86.7 Å². The molecule has 2 rings (SSSR count). The summed E-state index contributed by atoms with van der Waals surface area (Å²) in [7, 11) is -3.79. The van der Waals surface area contributed by atoms with Gasteiger partial charge >= 0.3 is 0 Å². The maximum Gasteiger partial charge on any atom is 0.264 e. The van der Waals surface area contributed by atoms with E-state index < -0.39 is 16.1 Å². The summed E-state index contributed by atoms with van der Waals surface area (Å²) in [5.41, 5.74) is 1.46. The van der Waals surface area contributed by atoms with Crippen molar-refractivity contribution in [1.82, 2.24) is 5.32 Å². The molecule has 2 aromatic carbocycles. The SMILES string of the molecule is Cc1ccc(S(=O)(=O)N(CCC(=O)NC[C@@H](C)O)c2ccccc2)cc1. The fraction of sp³-hybridized carbons (Fsp3) is 0.316. The van der Waals surface area contributed by atoms with Gasteiger partial charge in [0, 0.05) is 19.5 Å². The molecule has 7 heteroatoms. The van der Waals surface area contributed by atoms with E-state index in [2.05, 4.69) is 5.32 Å². The van der Waals surface area contributed by atoms with Crippen molar-refractivity contribution >= 4 is 21.6 Å². The molecule has 2 N–H and O–H groups in total. The Morgan fingerprint density at radius 2 is 1.73 bits per heavy atom. The third-order valence-corrected chi connectivity index (χ3v) is 5.63. The number of aryl methyl sites for hydroxylation is 1. The highest BCUT2D eigenvalue weighted by atomic mass is 32.2. The number of para-hydroxylation sites is 1. The second kappa shape index (κ2) is 8.82. The number of nitrogens with one attached hydrogen (secondary N) is 1. The van der Waals surface area contributed by atoms with Crippen LogP contribution in [0, 0.1) is 6.92 Å². The summed E-state index contributed by atoms with van der Waals surface area (Å²) >= 11 is 0.